The van der Waals surface area contributed by atoms with E-state index in [9.17, 15) is 18.0 Å². The molecule has 172 valence electrons. The summed E-state index contributed by atoms with van der Waals surface area (Å²) >= 11 is -0.106. The fourth-order valence-corrected chi connectivity index (χ4v) is 4.30. The molecule has 9 heteroatoms. The Labute approximate surface area is 194 Å². The minimum atomic E-state index is -4.29. The normalized spacial score (nSPS) is 16.7. The molecule has 33 heavy (non-hydrogen) atoms. The van der Waals surface area contributed by atoms with E-state index in [1.807, 2.05) is 30.3 Å². The van der Waals surface area contributed by atoms with Crippen LogP contribution in [0.3, 0.4) is 0 Å². The van der Waals surface area contributed by atoms with Crippen LogP contribution in [-0.2, 0) is 6.54 Å². The van der Waals surface area contributed by atoms with Gasteiger partial charge < -0.3 is 10.2 Å². The van der Waals surface area contributed by atoms with Crippen molar-refractivity contribution in [3.05, 3.63) is 84.1 Å². The Hall–Kier alpha value is -3.04. The van der Waals surface area contributed by atoms with E-state index in [-0.39, 0.29) is 28.6 Å². The van der Waals surface area contributed by atoms with Gasteiger partial charge in [-0.15, -0.1) is 0 Å². The maximum atomic E-state index is 12.6. The molecule has 1 saturated heterocycles. The second kappa shape index (κ2) is 9.84. The number of rotatable bonds is 6. The number of aromatic nitrogens is 1. The average Bonchev–Trinajstić information content (AvgIpc) is 3.14. The molecule has 0 aliphatic carbocycles. The van der Waals surface area contributed by atoms with Gasteiger partial charge in [0.1, 0.15) is 5.82 Å². The lowest BCUT2D eigenvalue weighted by molar-refractivity contribution is -0.0328. The molecule has 1 aromatic heterocycles. The van der Waals surface area contributed by atoms with Gasteiger partial charge in [-0.2, -0.15) is 13.2 Å². The van der Waals surface area contributed by atoms with Crippen molar-refractivity contribution in [2.45, 2.75) is 29.9 Å². The maximum Gasteiger partial charge on any atom is 0.446 e. The molecule has 0 bridgehead atoms. The summed E-state index contributed by atoms with van der Waals surface area (Å²) in [6.07, 6.45) is 1.67. The van der Waals surface area contributed by atoms with E-state index in [1.165, 1.54) is 12.1 Å². The minimum absolute atomic E-state index is 0.106. The third-order valence-corrected chi connectivity index (χ3v) is 6.12. The number of hydrogen-bond donors (Lipinski definition) is 1. The Morgan fingerprint density at radius 2 is 1.85 bits per heavy atom. The number of anilines is 2. The van der Waals surface area contributed by atoms with Crippen molar-refractivity contribution >= 4 is 29.2 Å². The highest BCUT2D eigenvalue weighted by molar-refractivity contribution is 8.00. The Morgan fingerprint density at radius 1 is 1.12 bits per heavy atom. The summed E-state index contributed by atoms with van der Waals surface area (Å²) in [4.78, 5) is 21.2. The molecular formula is C24H23F3N4OS. The van der Waals surface area contributed by atoms with Crippen LogP contribution in [0.1, 0.15) is 22.8 Å². The zero-order valence-electron chi connectivity index (χ0n) is 17.9. The van der Waals surface area contributed by atoms with E-state index in [2.05, 4.69) is 27.0 Å². The third kappa shape index (κ3) is 6.27. The number of amides is 1. The van der Waals surface area contributed by atoms with Crippen LogP contribution in [0.2, 0.25) is 0 Å². The number of thioether (sulfide) groups is 1. The predicted molar refractivity (Wildman–Crippen MR) is 124 cm³/mol. The van der Waals surface area contributed by atoms with Gasteiger partial charge in [-0.1, -0.05) is 18.2 Å². The van der Waals surface area contributed by atoms with Gasteiger partial charge in [-0.3, -0.25) is 9.69 Å². The molecule has 1 fully saturated rings. The van der Waals surface area contributed by atoms with Crippen LogP contribution < -0.4 is 10.2 Å². The first-order valence-electron chi connectivity index (χ1n) is 10.4. The number of halogens is 3. The zero-order chi connectivity index (χ0) is 23.4. The number of hydrogen-bond acceptors (Lipinski definition) is 5. The third-order valence-electron chi connectivity index (χ3n) is 5.38. The Morgan fingerprint density at radius 3 is 2.55 bits per heavy atom. The monoisotopic (exact) mass is 472 g/mol. The summed E-state index contributed by atoms with van der Waals surface area (Å²) in [6, 6.07) is 19.5. The predicted octanol–water partition coefficient (Wildman–Crippen LogP) is 5.61. The van der Waals surface area contributed by atoms with Crippen LogP contribution in [0.15, 0.2) is 77.8 Å². The van der Waals surface area contributed by atoms with Crippen molar-refractivity contribution in [3.8, 4) is 0 Å². The molecule has 5 nitrogen and oxygen atoms in total. The summed E-state index contributed by atoms with van der Waals surface area (Å²) < 4.78 is 37.7. The zero-order valence-corrected chi connectivity index (χ0v) is 18.7. The average molecular weight is 473 g/mol. The summed E-state index contributed by atoms with van der Waals surface area (Å²) in [5.74, 6) is 0.274. The lowest BCUT2D eigenvalue weighted by Gasteiger charge is -2.21. The highest BCUT2D eigenvalue weighted by Gasteiger charge is 2.30. The summed E-state index contributed by atoms with van der Waals surface area (Å²) in [5, 5.41) is 2.83. The first-order chi connectivity index (χ1) is 15.8. The van der Waals surface area contributed by atoms with E-state index in [4.69, 9.17) is 0 Å². The van der Waals surface area contributed by atoms with Crippen LogP contribution in [-0.4, -0.2) is 40.6 Å². The highest BCUT2D eigenvalue weighted by Crippen LogP contribution is 2.37. The molecule has 1 atom stereocenters. The van der Waals surface area contributed by atoms with Crippen LogP contribution in [0.4, 0.5) is 24.7 Å². The van der Waals surface area contributed by atoms with Crippen LogP contribution in [0, 0.1) is 0 Å². The number of carbonyl (C=O) groups excluding carboxylic acids is 1. The number of nitrogens with one attached hydrogen (secondary N) is 1. The molecule has 2 aromatic carbocycles. The SMILES string of the molecule is CC1CN(c2ccc(SC(F)(F)F)cc2)CN1Cc1ccnc(NC(=O)c2ccccc2)c1. The van der Waals surface area contributed by atoms with Gasteiger partial charge in [-0.25, -0.2) is 4.98 Å². The number of carbonyl (C=O) groups is 1. The molecular weight excluding hydrogens is 449 g/mol. The molecule has 4 rings (SSSR count). The van der Waals surface area contributed by atoms with Crippen LogP contribution in [0.5, 0.6) is 0 Å². The van der Waals surface area contributed by atoms with Gasteiger partial charge in [0.25, 0.3) is 5.91 Å². The van der Waals surface area contributed by atoms with Crippen molar-refractivity contribution in [1.29, 1.82) is 0 Å². The Kier molecular flexibility index (Phi) is 6.90. The minimum Gasteiger partial charge on any atom is -0.357 e. The quantitative estimate of drug-likeness (QED) is 0.473. The van der Waals surface area contributed by atoms with Gasteiger partial charge in [-0.05, 0) is 72.8 Å². The van der Waals surface area contributed by atoms with Crippen molar-refractivity contribution in [2.24, 2.45) is 0 Å². The number of benzene rings is 2. The lowest BCUT2D eigenvalue weighted by atomic mass is 10.2. The van der Waals surface area contributed by atoms with Gasteiger partial charge >= 0.3 is 5.51 Å². The topological polar surface area (TPSA) is 48.5 Å². The van der Waals surface area contributed by atoms with Gasteiger partial charge in [0, 0.05) is 41.5 Å². The standard InChI is InChI=1S/C24H23F3N4OS/c1-17-14-31(20-7-9-21(10-8-20)33-24(25,26)27)16-30(17)15-18-11-12-28-22(13-18)29-23(32)19-5-3-2-4-6-19/h2-13,17H,14-16H2,1H3,(H,28,29,32). The van der Waals surface area contributed by atoms with Crippen molar-refractivity contribution in [3.63, 3.8) is 0 Å². The smallest absolute Gasteiger partial charge is 0.357 e. The first kappa shape index (κ1) is 23.1. The second-order valence-corrected chi connectivity index (χ2v) is 9.01. The highest BCUT2D eigenvalue weighted by atomic mass is 32.2. The Bertz CT molecular complexity index is 1090. The Balaban J connectivity index is 1.38. The van der Waals surface area contributed by atoms with Gasteiger partial charge in [0.05, 0.1) is 6.67 Å². The molecule has 1 amide bonds. The van der Waals surface area contributed by atoms with E-state index in [0.29, 0.717) is 24.6 Å². The van der Waals surface area contributed by atoms with Crippen molar-refractivity contribution in [1.82, 2.24) is 9.88 Å². The number of pyridine rings is 1. The van der Waals surface area contributed by atoms with Crippen LogP contribution in [0.25, 0.3) is 0 Å². The number of nitrogens with zero attached hydrogens (tertiary/aromatic N) is 3. The molecule has 2 heterocycles. The largest absolute Gasteiger partial charge is 0.446 e. The van der Waals surface area contributed by atoms with Crippen molar-refractivity contribution in [2.75, 3.05) is 23.4 Å². The summed E-state index contributed by atoms with van der Waals surface area (Å²) in [5.41, 5.74) is -1.82. The van der Waals surface area contributed by atoms with E-state index in [0.717, 1.165) is 17.8 Å². The first-order valence-corrected chi connectivity index (χ1v) is 11.2. The van der Waals surface area contributed by atoms with E-state index >= 15 is 0 Å². The molecule has 1 unspecified atom stereocenters. The molecule has 0 spiro atoms. The molecule has 0 radical (unpaired) electrons. The van der Waals surface area contributed by atoms with Crippen LogP contribution >= 0.6 is 11.8 Å². The fourth-order valence-electron chi connectivity index (χ4n) is 3.76. The van der Waals surface area contributed by atoms with Crippen molar-refractivity contribution < 1.29 is 18.0 Å². The molecule has 1 aliphatic heterocycles. The van der Waals surface area contributed by atoms with E-state index in [1.54, 1.807) is 30.5 Å². The second-order valence-electron chi connectivity index (χ2n) is 7.87. The molecule has 3 aromatic rings. The number of alkyl halides is 3. The maximum absolute atomic E-state index is 12.6. The lowest BCUT2D eigenvalue weighted by Crippen LogP contribution is -2.28. The summed E-state index contributed by atoms with van der Waals surface area (Å²) in [7, 11) is 0. The van der Waals surface area contributed by atoms with Gasteiger partial charge in [0.15, 0.2) is 0 Å². The molecule has 1 aliphatic rings. The van der Waals surface area contributed by atoms with Gasteiger partial charge in [0.2, 0.25) is 0 Å². The molecule has 1 N–H and O–H groups in total. The summed E-state index contributed by atoms with van der Waals surface area (Å²) in [6.45, 7) is 4.21. The molecule has 0 saturated carbocycles. The fraction of sp³-hybridized carbons (Fsp3) is 0.250. The van der Waals surface area contributed by atoms with E-state index < -0.39 is 5.51 Å².